The Morgan fingerprint density at radius 1 is 0.667 bits per heavy atom. The van der Waals surface area contributed by atoms with Crippen LogP contribution in [-0.2, 0) is 34.7 Å². The van der Waals surface area contributed by atoms with Crippen molar-refractivity contribution in [1.82, 2.24) is 0 Å². The molecule has 0 unspecified atom stereocenters. The molecule has 0 aromatic heterocycles. The Morgan fingerprint density at radius 2 is 1.06 bits per heavy atom. The molecule has 1 heterocycles. The third-order valence-corrected chi connectivity index (χ3v) is 5.76. The van der Waals surface area contributed by atoms with Crippen LogP contribution in [-0.4, -0.2) is 33.7 Å². The number of nitrogens with zero attached hydrogens (tertiary/aromatic N) is 2. The Bertz CT molecular complexity index is 1120. The van der Waals surface area contributed by atoms with E-state index in [-0.39, 0.29) is 17.1 Å². The van der Waals surface area contributed by atoms with Gasteiger partial charge in [0, 0.05) is 30.5 Å². The molecule has 4 bridgehead atoms. The Labute approximate surface area is 222 Å². The number of aliphatic imine (C=N–C) groups is 2. The molecular weight excluding hydrogens is 495 g/mol. The van der Waals surface area contributed by atoms with Gasteiger partial charge in [-0.2, -0.15) is 0 Å². The number of phenols is 2. The van der Waals surface area contributed by atoms with E-state index in [9.17, 15) is 10.2 Å². The van der Waals surface area contributed by atoms with E-state index in [0.717, 1.165) is 63.0 Å². The Morgan fingerprint density at radius 3 is 1.47 bits per heavy atom. The standard InChI is InChI=1S/C27H28N2O2.C2H4O2.Mn/c30-26-20-10-4-2-1-3-5-11-21-13-9-15-23(27(21)31)19-29-25-17-7-6-16-24(25)28-18-22(26)14-8-12-20;1-2(3)4;/h6-9,12-19,30-31H,1-5,10-11H2;1H3,(H,3,4);/q;;+2. The van der Waals surface area contributed by atoms with E-state index in [1.807, 2.05) is 60.7 Å². The van der Waals surface area contributed by atoms with Gasteiger partial charge in [0.25, 0.3) is 5.97 Å². The molecule has 187 valence electrons. The molecule has 3 N–H and O–H groups in total. The van der Waals surface area contributed by atoms with Crippen LogP contribution >= 0.6 is 0 Å². The van der Waals surface area contributed by atoms with Crippen molar-refractivity contribution in [3.05, 3.63) is 82.9 Å². The molecule has 7 heteroatoms. The number of aryl methyl sites for hydroxylation is 2. The van der Waals surface area contributed by atoms with Gasteiger partial charge in [-0.3, -0.25) is 14.8 Å². The third-order valence-electron chi connectivity index (χ3n) is 5.76. The van der Waals surface area contributed by atoms with Crippen molar-refractivity contribution in [3.63, 3.8) is 0 Å². The van der Waals surface area contributed by atoms with E-state index in [0.29, 0.717) is 34.0 Å². The van der Waals surface area contributed by atoms with Crippen LogP contribution in [0.3, 0.4) is 0 Å². The van der Waals surface area contributed by atoms with Gasteiger partial charge in [0.05, 0.1) is 11.4 Å². The molecule has 4 rings (SSSR count). The number of carboxylic acid groups (broad SMARTS) is 1. The molecule has 0 saturated heterocycles. The molecule has 3 aromatic carbocycles. The Kier molecular flexibility index (Phi) is 11.9. The summed E-state index contributed by atoms with van der Waals surface area (Å²) in [5.74, 6) is -0.211. The topological polar surface area (TPSA) is 102 Å². The Balaban J connectivity index is 0.000000850. The van der Waals surface area contributed by atoms with E-state index >= 15 is 0 Å². The fraction of sp³-hybridized carbons (Fsp3) is 0.276. The number of phenolic OH excluding ortho intramolecular Hbond substituents is 2. The molecule has 1 radical (unpaired) electrons. The second-order valence-electron chi connectivity index (χ2n) is 8.50. The quantitative estimate of drug-likeness (QED) is 0.282. The zero-order chi connectivity index (χ0) is 25.0. The van der Waals surface area contributed by atoms with Gasteiger partial charge in [-0.15, -0.1) is 0 Å². The molecule has 0 spiro atoms. The van der Waals surface area contributed by atoms with Crippen LogP contribution < -0.4 is 0 Å². The van der Waals surface area contributed by atoms with Crippen molar-refractivity contribution in [2.24, 2.45) is 9.98 Å². The summed E-state index contributed by atoms with van der Waals surface area (Å²) >= 11 is 0. The van der Waals surface area contributed by atoms with Crippen LogP contribution in [0.25, 0.3) is 0 Å². The number of hydrogen-bond donors (Lipinski definition) is 3. The minimum absolute atomic E-state index is 0. The van der Waals surface area contributed by atoms with Gasteiger partial charge in [0.1, 0.15) is 11.5 Å². The number of para-hydroxylation sites is 4. The predicted molar refractivity (Wildman–Crippen MR) is 141 cm³/mol. The van der Waals surface area contributed by atoms with E-state index in [1.54, 1.807) is 12.4 Å². The zero-order valence-electron chi connectivity index (χ0n) is 20.4. The van der Waals surface area contributed by atoms with Gasteiger partial charge >= 0.3 is 17.1 Å². The van der Waals surface area contributed by atoms with Gasteiger partial charge < -0.3 is 15.3 Å². The largest absolute Gasteiger partial charge is 2.00 e. The van der Waals surface area contributed by atoms with Crippen molar-refractivity contribution in [1.29, 1.82) is 0 Å². The fourth-order valence-electron chi connectivity index (χ4n) is 3.96. The molecule has 36 heavy (non-hydrogen) atoms. The first-order valence-corrected chi connectivity index (χ1v) is 11.9. The van der Waals surface area contributed by atoms with Crippen molar-refractivity contribution in [3.8, 4) is 11.5 Å². The number of aliphatic carboxylic acids is 1. The number of carbonyl (C=O) groups is 1. The van der Waals surface area contributed by atoms with Crippen LogP contribution in [0.5, 0.6) is 11.5 Å². The zero-order valence-corrected chi connectivity index (χ0v) is 21.6. The summed E-state index contributed by atoms with van der Waals surface area (Å²) in [5.41, 5.74) is 4.76. The molecule has 1 aliphatic rings. The summed E-state index contributed by atoms with van der Waals surface area (Å²) in [7, 11) is 0. The summed E-state index contributed by atoms with van der Waals surface area (Å²) in [6.45, 7) is 1.08. The van der Waals surface area contributed by atoms with Crippen LogP contribution in [0, 0.1) is 0 Å². The maximum absolute atomic E-state index is 10.7. The molecule has 6 nitrogen and oxygen atoms in total. The second-order valence-corrected chi connectivity index (χ2v) is 8.50. The van der Waals surface area contributed by atoms with E-state index in [2.05, 4.69) is 9.98 Å². The smallest absolute Gasteiger partial charge is 0.507 e. The molecule has 0 fully saturated rings. The number of benzene rings is 3. The maximum atomic E-state index is 10.7. The monoisotopic (exact) mass is 527 g/mol. The van der Waals surface area contributed by atoms with Gasteiger partial charge in [-0.25, -0.2) is 0 Å². The Hall–Kier alpha value is -3.41. The molecule has 0 amide bonds. The average Bonchev–Trinajstić information content (AvgIpc) is 2.83. The summed E-state index contributed by atoms with van der Waals surface area (Å²) in [6.07, 6.45) is 10.6. The minimum atomic E-state index is -0.833. The number of hydrogen-bond acceptors (Lipinski definition) is 5. The first kappa shape index (κ1) is 28.8. The summed E-state index contributed by atoms with van der Waals surface area (Å²) in [5, 5.41) is 28.8. The SMILES string of the molecule is CC(=O)O.Oc1c2cccc1CCCCCCCc1cccc(c1O)C=Nc1ccccc1N=C2.[Mn+2]. The first-order valence-electron chi connectivity index (χ1n) is 11.9. The number of fused-ring (bicyclic) bond motifs is 5. The van der Waals surface area contributed by atoms with E-state index in [1.165, 1.54) is 0 Å². The van der Waals surface area contributed by atoms with Gasteiger partial charge in [-0.1, -0.05) is 55.7 Å². The van der Waals surface area contributed by atoms with Crippen molar-refractivity contribution >= 4 is 29.8 Å². The average molecular weight is 528 g/mol. The third kappa shape index (κ3) is 8.67. The van der Waals surface area contributed by atoms with Crippen LogP contribution in [0.4, 0.5) is 11.4 Å². The maximum Gasteiger partial charge on any atom is 2.00 e. The summed E-state index contributed by atoms with van der Waals surface area (Å²) in [4.78, 5) is 18.2. The van der Waals surface area contributed by atoms with E-state index < -0.39 is 5.97 Å². The molecule has 3 aromatic rings. The van der Waals surface area contributed by atoms with Crippen LogP contribution in [0.2, 0.25) is 0 Å². The van der Waals surface area contributed by atoms with Crippen molar-refractivity contribution < 1.29 is 37.2 Å². The predicted octanol–water partition coefficient (Wildman–Crippen LogP) is 6.74. The van der Waals surface area contributed by atoms with E-state index in [4.69, 9.17) is 9.90 Å². The molecule has 0 atom stereocenters. The second kappa shape index (κ2) is 14.9. The van der Waals surface area contributed by atoms with Crippen molar-refractivity contribution in [2.45, 2.75) is 51.9 Å². The number of carboxylic acids is 1. The molecule has 0 saturated carbocycles. The fourth-order valence-corrected chi connectivity index (χ4v) is 3.96. The number of rotatable bonds is 0. The van der Waals surface area contributed by atoms with Gasteiger partial charge in [0.2, 0.25) is 0 Å². The molecule has 0 aliphatic carbocycles. The normalized spacial score (nSPS) is 13.5. The first-order chi connectivity index (χ1) is 17.0. The summed E-state index contributed by atoms with van der Waals surface area (Å²) in [6, 6.07) is 19.3. The van der Waals surface area contributed by atoms with Crippen molar-refractivity contribution in [2.75, 3.05) is 0 Å². The minimum Gasteiger partial charge on any atom is -0.507 e. The molecule has 1 aliphatic heterocycles. The summed E-state index contributed by atoms with van der Waals surface area (Å²) < 4.78 is 0. The van der Waals surface area contributed by atoms with Gasteiger partial charge in [0.15, 0.2) is 0 Å². The number of aromatic hydroxyl groups is 2. The van der Waals surface area contributed by atoms with Crippen LogP contribution in [0.15, 0.2) is 70.6 Å². The van der Waals surface area contributed by atoms with Crippen LogP contribution in [0.1, 0.15) is 61.3 Å². The van der Waals surface area contributed by atoms with Gasteiger partial charge in [-0.05, 0) is 61.1 Å². The molecular formula is C29H32MnN2O4+2.